The van der Waals surface area contributed by atoms with Crippen molar-refractivity contribution in [2.45, 2.75) is 19.8 Å². The molecule has 0 radical (unpaired) electrons. The van der Waals surface area contributed by atoms with E-state index in [-0.39, 0.29) is 0 Å². The molecule has 1 aliphatic heterocycles. The fourth-order valence-electron chi connectivity index (χ4n) is 2.59. The zero-order valence-electron chi connectivity index (χ0n) is 13.2. The molecular formula is C16H19ClN4OS. The summed E-state index contributed by atoms with van der Waals surface area (Å²) in [6, 6.07) is 3.88. The fourth-order valence-corrected chi connectivity index (χ4v) is 3.43. The molecule has 1 aromatic heterocycles. The number of hydrazone groups is 1. The first kappa shape index (κ1) is 16.1. The van der Waals surface area contributed by atoms with Crippen LogP contribution in [0.3, 0.4) is 0 Å². The lowest BCUT2D eigenvalue weighted by molar-refractivity contribution is 0.415. The minimum absolute atomic E-state index is 0.661. The normalized spacial score (nSPS) is 14.7. The number of hydrogen-bond donors (Lipinski definition) is 1. The van der Waals surface area contributed by atoms with Gasteiger partial charge in [0.1, 0.15) is 5.75 Å². The molecule has 2 aromatic rings. The van der Waals surface area contributed by atoms with E-state index < -0.39 is 0 Å². The molecule has 7 heteroatoms. The van der Waals surface area contributed by atoms with Crippen molar-refractivity contribution in [1.82, 2.24) is 4.98 Å². The van der Waals surface area contributed by atoms with Crippen LogP contribution in [0.5, 0.6) is 5.75 Å². The Morgan fingerprint density at radius 3 is 2.83 bits per heavy atom. The van der Waals surface area contributed by atoms with E-state index >= 15 is 0 Å². The number of ether oxygens (including phenoxy) is 1. The zero-order chi connectivity index (χ0) is 16.2. The second-order valence-electron chi connectivity index (χ2n) is 5.40. The second-order valence-corrected chi connectivity index (χ2v) is 6.67. The minimum atomic E-state index is 0.661. The van der Waals surface area contributed by atoms with Gasteiger partial charge < -0.3 is 9.64 Å². The molecule has 122 valence electrons. The third-order valence-corrected chi connectivity index (χ3v) is 4.92. The fraction of sp³-hybridized carbons (Fsp3) is 0.375. The summed E-state index contributed by atoms with van der Waals surface area (Å²) in [5, 5.41) is 7.60. The Morgan fingerprint density at radius 2 is 2.17 bits per heavy atom. The van der Waals surface area contributed by atoms with Crippen LogP contribution in [0.2, 0.25) is 5.02 Å². The first-order chi connectivity index (χ1) is 11.2. The van der Waals surface area contributed by atoms with Gasteiger partial charge in [-0.3, -0.25) is 5.43 Å². The second kappa shape index (κ2) is 7.19. The number of aromatic nitrogens is 1. The highest BCUT2D eigenvalue weighted by atomic mass is 35.5. The molecule has 1 aromatic carbocycles. The van der Waals surface area contributed by atoms with Crippen LogP contribution in [-0.4, -0.2) is 31.4 Å². The summed E-state index contributed by atoms with van der Waals surface area (Å²) in [5.74, 6) is 0.822. The molecule has 0 spiro atoms. The Morgan fingerprint density at radius 1 is 1.39 bits per heavy atom. The average molecular weight is 351 g/mol. The highest BCUT2D eigenvalue weighted by molar-refractivity contribution is 7.13. The first-order valence-corrected chi connectivity index (χ1v) is 8.77. The summed E-state index contributed by atoms with van der Waals surface area (Å²) in [5.41, 5.74) is 5.75. The van der Waals surface area contributed by atoms with Crippen molar-refractivity contribution in [2.24, 2.45) is 5.10 Å². The monoisotopic (exact) mass is 350 g/mol. The lowest BCUT2D eigenvalue weighted by atomic mass is 10.2. The summed E-state index contributed by atoms with van der Waals surface area (Å²) in [6.45, 7) is 4.04. The van der Waals surface area contributed by atoms with Crippen LogP contribution in [0.1, 0.15) is 24.1 Å². The topological polar surface area (TPSA) is 49.8 Å². The van der Waals surface area contributed by atoms with E-state index in [2.05, 4.69) is 20.4 Å². The molecule has 23 heavy (non-hydrogen) atoms. The van der Waals surface area contributed by atoms with Crippen molar-refractivity contribution >= 4 is 40.0 Å². The number of methoxy groups -OCH3 is 1. The van der Waals surface area contributed by atoms with Gasteiger partial charge in [0.2, 0.25) is 5.13 Å². The molecule has 0 aliphatic carbocycles. The molecule has 0 saturated carbocycles. The van der Waals surface area contributed by atoms with Gasteiger partial charge in [0, 0.05) is 24.0 Å². The maximum Gasteiger partial charge on any atom is 0.203 e. The molecule has 1 aliphatic rings. The van der Waals surface area contributed by atoms with Gasteiger partial charge in [-0.05, 0) is 31.9 Å². The molecule has 0 amide bonds. The van der Waals surface area contributed by atoms with E-state index in [1.807, 2.05) is 24.4 Å². The number of rotatable bonds is 5. The van der Waals surface area contributed by atoms with Crippen molar-refractivity contribution < 1.29 is 4.74 Å². The number of aryl methyl sites for hydroxylation is 1. The van der Waals surface area contributed by atoms with Gasteiger partial charge in [-0.2, -0.15) is 5.10 Å². The van der Waals surface area contributed by atoms with Crippen LogP contribution in [0, 0.1) is 6.92 Å². The smallest absolute Gasteiger partial charge is 0.203 e. The number of nitrogens with one attached hydrogen (secondary N) is 1. The molecule has 0 bridgehead atoms. The van der Waals surface area contributed by atoms with Gasteiger partial charge in [0.15, 0.2) is 0 Å². The predicted molar refractivity (Wildman–Crippen MR) is 97.5 cm³/mol. The van der Waals surface area contributed by atoms with Crippen molar-refractivity contribution in [2.75, 3.05) is 30.5 Å². The summed E-state index contributed by atoms with van der Waals surface area (Å²) >= 11 is 7.92. The lowest BCUT2D eigenvalue weighted by Crippen LogP contribution is -2.18. The van der Waals surface area contributed by atoms with Gasteiger partial charge >= 0.3 is 0 Å². The van der Waals surface area contributed by atoms with Crippen LogP contribution in [0.15, 0.2) is 22.6 Å². The molecule has 1 fully saturated rings. The zero-order valence-corrected chi connectivity index (χ0v) is 14.7. The van der Waals surface area contributed by atoms with Gasteiger partial charge in [-0.1, -0.05) is 11.6 Å². The summed E-state index contributed by atoms with van der Waals surface area (Å²) in [7, 11) is 1.68. The highest BCUT2D eigenvalue weighted by Gasteiger charge is 2.18. The SMILES string of the molecule is COc1cc(C=NNc2nc(C)cs2)c(Cl)cc1N1CCCC1. The van der Waals surface area contributed by atoms with E-state index in [1.165, 1.54) is 24.2 Å². The summed E-state index contributed by atoms with van der Waals surface area (Å²) in [4.78, 5) is 6.60. The van der Waals surface area contributed by atoms with Gasteiger partial charge in [0.05, 0.1) is 29.7 Å². The molecular weight excluding hydrogens is 332 g/mol. The van der Waals surface area contributed by atoms with Crippen molar-refractivity contribution in [3.05, 3.63) is 33.8 Å². The molecule has 1 saturated heterocycles. The Balaban J connectivity index is 1.79. The molecule has 5 nitrogen and oxygen atoms in total. The average Bonchev–Trinajstić information content (AvgIpc) is 3.20. The Labute approximate surface area is 144 Å². The summed E-state index contributed by atoms with van der Waals surface area (Å²) in [6.07, 6.45) is 4.11. The van der Waals surface area contributed by atoms with Crippen molar-refractivity contribution in [3.63, 3.8) is 0 Å². The Kier molecular flexibility index (Phi) is 5.03. The first-order valence-electron chi connectivity index (χ1n) is 7.51. The molecule has 3 rings (SSSR count). The third kappa shape index (κ3) is 3.76. The predicted octanol–water partition coefficient (Wildman–Crippen LogP) is 4.16. The molecule has 0 unspecified atom stereocenters. The van der Waals surface area contributed by atoms with E-state index in [0.717, 1.165) is 40.9 Å². The standard InChI is InChI=1S/C16H19ClN4OS/c1-11-10-23-16(19-11)20-18-9-12-7-15(22-2)14(8-13(12)17)21-5-3-4-6-21/h7-10H,3-6H2,1-2H3,(H,19,20). The largest absolute Gasteiger partial charge is 0.495 e. The number of halogens is 1. The summed E-state index contributed by atoms with van der Waals surface area (Å²) < 4.78 is 5.53. The molecule has 1 N–H and O–H groups in total. The van der Waals surface area contributed by atoms with Crippen molar-refractivity contribution in [1.29, 1.82) is 0 Å². The van der Waals surface area contributed by atoms with Gasteiger partial charge in [-0.25, -0.2) is 4.98 Å². The quantitative estimate of drug-likeness (QED) is 0.649. The van der Waals surface area contributed by atoms with E-state index in [1.54, 1.807) is 13.3 Å². The van der Waals surface area contributed by atoms with Crippen LogP contribution >= 0.6 is 22.9 Å². The number of benzene rings is 1. The van der Waals surface area contributed by atoms with Gasteiger partial charge in [-0.15, -0.1) is 11.3 Å². The number of hydrogen-bond acceptors (Lipinski definition) is 6. The number of nitrogens with zero attached hydrogens (tertiary/aromatic N) is 3. The van der Waals surface area contributed by atoms with E-state index in [9.17, 15) is 0 Å². The Bertz CT molecular complexity index is 710. The molecule has 2 heterocycles. The highest BCUT2D eigenvalue weighted by Crippen LogP contribution is 2.35. The number of anilines is 2. The Hall–Kier alpha value is -1.79. The van der Waals surface area contributed by atoms with Crippen LogP contribution in [0.4, 0.5) is 10.8 Å². The van der Waals surface area contributed by atoms with Crippen LogP contribution < -0.4 is 15.1 Å². The van der Waals surface area contributed by atoms with Gasteiger partial charge in [0.25, 0.3) is 0 Å². The van der Waals surface area contributed by atoms with Crippen LogP contribution in [-0.2, 0) is 0 Å². The molecule has 0 atom stereocenters. The maximum atomic E-state index is 6.41. The van der Waals surface area contributed by atoms with Crippen molar-refractivity contribution in [3.8, 4) is 5.75 Å². The number of thiazole rings is 1. The van der Waals surface area contributed by atoms with Crippen LogP contribution in [0.25, 0.3) is 0 Å². The van der Waals surface area contributed by atoms with E-state index in [0.29, 0.717) is 5.02 Å². The van der Waals surface area contributed by atoms with E-state index in [4.69, 9.17) is 16.3 Å². The third-order valence-electron chi connectivity index (χ3n) is 3.73. The lowest BCUT2D eigenvalue weighted by Gasteiger charge is -2.21. The minimum Gasteiger partial charge on any atom is -0.495 e. The maximum absolute atomic E-state index is 6.41.